The number of urea groups is 1. The molecule has 38 heavy (non-hydrogen) atoms. The normalized spacial score (nSPS) is 19.4. The van der Waals surface area contributed by atoms with E-state index in [9.17, 15) is 9.59 Å². The highest BCUT2D eigenvalue weighted by molar-refractivity contribution is 7.10. The first-order chi connectivity index (χ1) is 17.8. The van der Waals surface area contributed by atoms with Crippen LogP contribution in [0.15, 0.2) is 29.4 Å². The van der Waals surface area contributed by atoms with Gasteiger partial charge in [-0.25, -0.2) is 14.6 Å². The fraction of sp³-hybridized carbons (Fsp3) is 0.522. The van der Waals surface area contributed by atoms with Gasteiger partial charge in [0.1, 0.15) is 22.9 Å². The fourth-order valence-electron chi connectivity index (χ4n) is 4.00. The van der Waals surface area contributed by atoms with Crippen LogP contribution in [0.2, 0.25) is 18.1 Å². The molecule has 0 radical (unpaired) electrons. The third-order valence-corrected chi connectivity index (χ3v) is 12.0. The summed E-state index contributed by atoms with van der Waals surface area (Å²) in [7, 11) is -0.473. The second-order valence-corrected chi connectivity index (χ2v) is 16.3. The van der Waals surface area contributed by atoms with Gasteiger partial charge >= 0.3 is 12.1 Å². The van der Waals surface area contributed by atoms with E-state index in [1.54, 1.807) is 27.2 Å². The van der Waals surface area contributed by atoms with Crippen LogP contribution in [0.25, 0.3) is 0 Å². The van der Waals surface area contributed by atoms with Gasteiger partial charge in [0.25, 0.3) is 8.32 Å². The molecule has 2 aromatic rings. The number of anilines is 1. The lowest BCUT2D eigenvalue weighted by molar-refractivity contribution is -0.118. The number of nitrogens with zero attached hydrogens (tertiary/aromatic N) is 6. The molecule has 2 aromatic heterocycles. The Morgan fingerprint density at radius 1 is 1.42 bits per heavy atom. The SMILES string of the molecule is C=CCON1C(=O)N2C[C@H]1c1cnn(C)c1[C@H]2/C(=N/O[Si](C)(C)C(C)(C)C)NCc1nc(NC(=O)O)cs1. The Labute approximate surface area is 226 Å². The number of hydrogen-bond acceptors (Lipinski definition) is 8. The largest absolute Gasteiger partial charge is 0.465 e. The maximum atomic E-state index is 13.5. The van der Waals surface area contributed by atoms with Gasteiger partial charge in [0.2, 0.25) is 0 Å². The number of thiazole rings is 1. The molecule has 206 valence electrons. The Bertz CT molecular complexity index is 1250. The summed E-state index contributed by atoms with van der Waals surface area (Å²) in [6, 6.07) is -1.21. The number of aryl methyl sites for hydroxylation is 1. The summed E-state index contributed by atoms with van der Waals surface area (Å²) in [6.07, 6.45) is 2.16. The highest BCUT2D eigenvalue weighted by Gasteiger charge is 2.52. The van der Waals surface area contributed by atoms with Gasteiger partial charge in [-0.2, -0.15) is 10.2 Å². The second kappa shape index (κ2) is 10.4. The van der Waals surface area contributed by atoms with Crippen LogP contribution in [0.4, 0.5) is 15.4 Å². The number of nitrogens with one attached hydrogen (secondary N) is 2. The Hall–Kier alpha value is -3.43. The summed E-state index contributed by atoms with van der Waals surface area (Å²) in [5.41, 5.74) is 1.67. The van der Waals surface area contributed by atoms with Crippen LogP contribution in [-0.4, -0.2) is 69.3 Å². The van der Waals surface area contributed by atoms with Crippen LogP contribution in [0, 0.1) is 0 Å². The molecule has 13 nitrogen and oxygen atoms in total. The van der Waals surface area contributed by atoms with Gasteiger partial charge in [0, 0.05) is 18.0 Å². The van der Waals surface area contributed by atoms with Crippen LogP contribution >= 0.6 is 11.3 Å². The van der Waals surface area contributed by atoms with Crippen LogP contribution in [-0.2, 0) is 23.0 Å². The molecule has 0 spiro atoms. The first-order valence-corrected chi connectivity index (χ1v) is 15.9. The minimum Gasteiger partial charge on any atom is -0.465 e. The average molecular weight is 563 g/mol. The van der Waals surface area contributed by atoms with Crippen molar-refractivity contribution in [1.82, 2.24) is 30.0 Å². The molecule has 0 aliphatic carbocycles. The Morgan fingerprint density at radius 2 is 2.16 bits per heavy atom. The van der Waals surface area contributed by atoms with Gasteiger partial charge in [0.05, 0.1) is 31.6 Å². The monoisotopic (exact) mass is 562 g/mol. The maximum absolute atomic E-state index is 13.5. The molecule has 4 rings (SSSR count). The number of amidine groups is 1. The van der Waals surface area contributed by atoms with Gasteiger partial charge in [0.15, 0.2) is 5.84 Å². The van der Waals surface area contributed by atoms with Gasteiger partial charge in [-0.1, -0.05) is 32.0 Å². The zero-order valence-corrected chi connectivity index (χ0v) is 24.2. The van der Waals surface area contributed by atoms with Gasteiger partial charge < -0.3 is 19.8 Å². The number of carboxylic acid groups (broad SMARTS) is 1. The summed E-state index contributed by atoms with van der Waals surface area (Å²) in [6.45, 7) is 15.1. The van der Waals surface area contributed by atoms with Crippen molar-refractivity contribution in [3.8, 4) is 0 Å². The zero-order valence-electron chi connectivity index (χ0n) is 22.4. The number of fused-ring (bicyclic) bond motifs is 4. The Kier molecular flexibility index (Phi) is 7.54. The van der Waals surface area contributed by atoms with Crippen LogP contribution in [0.3, 0.4) is 0 Å². The van der Waals surface area contributed by atoms with Crippen molar-refractivity contribution in [2.45, 2.75) is 57.5 Å². The fourth-order valence-corrected chi connectivity index (χ4v) is 5.27. The molecule has 0 saturated carbocycles. The van der Waals surface area contributed by atoms with Crippen molar-refractivity contribution in [2.24, 2.45) is 12.2 Å². The Morgan fingerprint density at radius 3 is 2.82 bits per heavy atom. The molecular weight excluding hydrogens is 528 g/mol. The topological polar surface area (TPSA) is 146 Å². The summed E-state index contributed by atoms with van der Waals surface area (Å²) in [5.74, 6) is 0.675. The number of aromatic nitrogens is 3. The van der Waals surface area contributed by atoms with E-state index in [0.717, 1.165) is 11.3 Å². The molecule has 0 aromatic carbocycles. The molecule has 1 saturated heterocycles. The van der Waals surface area contributed by atoms with Crippen LogP contribution in [0.1, 0.15) is 49.1 Å². The van der Waals surface area contributed by atoms with Crippen molar-refractivity contribution in [1.29, 1.82) is 0 Å². The molecule has 2 atom stereocenters. The third-order valence-electron chi connectivity index (χ3n) is 7.01. The number of hydrogen-bond donors (Lipinski definition) is 3. The summed E-state index contributed by atoms with van der Waals surface area (Å²) in [4.78, 5) is 36.2. The minimum absolute atomic E-state index is 0.0948. The van der Waals surface area contributed by atoms with Gasteiger partial charge in [-0.05, 0) is 18.1 Å². The standard InChI is InChI=1S/C23H34N8O5SSi/c1-8-9-35-31-15-12-30(22(31)34)19(18-14(15)10-25-29(18)5)20(28-36-38(6,7)23(2,3)4)24-11-17-26-16(13-37-17)27-21(32)33/h8,10,13,15,19,27H,1,9,11-12H2,2-7H3,(H,24,28)(H,32,33)/t15-,19-/m0/s1. The van der Waals surface area contributed by atoms with E-state index in [0.29, 0.717) is 17.4 Å². The summed E-state index contributed by atoms with van der Waals surface area (Å²) >= 11 is 1.30. The summed E-state index contributed by atoms with van der Waals surface area (Å²) in [5, 5.41) is 27.2. The van der Waals surface area contributed by atoms with E-state index in [4.69, 9.17) is 14.5 Å². The van der Waals surface area contributed by atoms with Gasteiger partial charge in [-0.15, -0.1) is 17.9 Å². The lowest BCUT2D eigenvalue weighted by Crippen LogP contribution is -2.46. The number of hydroxylamine groups is 2. The maximum Gasteiger partial charge on any atom is 0.410 e. The number of oxime groups is 1. The predicted molar refractivity (Wildman–Crippen MR) is 145 cm³/mol. The average Bonchev–Trinajstić information content (AvgIpc) is 3.51. The van der Waals surface area contributed by atoms with E-state index in [2.05, 4.69) is 66.3 Å². The molecule has 15 heteroatoms. The van der Waals surface area contributed by atoms with E-state index in [1.807, 2.05) is 7.05 Å². The molecule has 4 heterocycles. The first-order valence-electron chi connectivity index (χ1n) is 12.1. The third kappa shape index (κ3) is 5.26. The molecule has 1 fully saturated rings. The van der Waals surface area contributed by atoms with Crippen LogP contribution in [0.5, 0.6) is 0 Å². The van der Waals surface area contributed by atoms with E-state index in [-0.39, 0.29) is 36.1 Å². The highest BCUT2D eigenvalue weighted by Crippen LogP contribution is 2.44. The zero-order chi connectivity index (χ0) is 27.8. The number of carbonyl (C=O) groups excluding carboxylic acids is 1. The lowest BCUT2D eigenvalue weighted by Gasteiger charge is -2.35. The van der Waals surface area contributed by atoms with E-state index < -0.39 is 20.5 Å². The van der Waals surface area contributed by atoms with Crippen molar-refractivity contribution < 1.29 is 24.1 Å². The van der Waals surface area contributed by atoms with E-state index in [1.165, 1.54) is 16.4 Å². The second-order valence-electron chi connectivity index (χ2n) is 10.6. The molecular formula is C23H34N8O5SSi. The van der Waals surface area contributed by atoms with Crippen molar-refractivity contribution >= 4 is 43.4 Å². The Balaban J connectivity index is 1.70. The molecule has 2 aliphatic rings. The summed E-state index contributed by atoms with van der Waals surface area (Å²) < 4.78 is 7.99. The van der Waals surface area contributed by atoms with E-state index >= 15 is 0 Å². The van der Waals surface area contributed by atoms with Crippen molar-refractivity contribution in [2.75, 3.05) is 18.5 Å². The number of rotatable bonds is 9. The molecule has 2 bridgehead atoms. The molecule has 3 N–H and O–H groups in total. The number of carbonyl (C=O) groups is 2. The first kappa shape index (κ1) is 27.6. The minimum atomic E-state index is -2.30. The molecule has 0 unspecified atom stereocenters. The van der Waals surface area contributed by atoms with Crippen molar-refractivity contribution in [3.05, 3.63) is 40.5 Å². The lowest BCUT2D eigenvalue weighted by atomic mass is 9.97. The van der Waals surface area contributed by atoms with Crippen molar-refractivity contribution in [3.63, 3.8) is 0 Å². The highest BCUT2D eigenvalue weighted by atomic mass is 32.1. The molecule has 2 aliphatic heterocycles. The number of amides is 3. The molecule has 3 amide bonds. The van der Waals surface area contributed by atoms with Crippen LogP contribution < -0.4 is 10.6 Å². The predicted octanol–water partition coefficient (Wildman–Crippen LogP) is 4.04. The van der Waals surface area contributed by atoms with Gasteiger partial charge in [-0.3, -0.25) is 14.8 Å². The quantitative estimate of drug-likeness (QED) is 0.136. The smallest absolute Gasteiger partial charge is 0.410 e.